The van der Waals surface area contributed by atoms with Gasteiger partial charge < -0.3 is 4.74 Å². The number of carbonyl (C=O) groups is 1. The van der Waals surface area contributed by atoms with Gasteiger partial charge in [0.15, 0.2) is 0 Å². The van der Waals surface area contributed by atoms with E-state index < -0.39 is 22.5 Å². The SMILES string of the molecule is CCOc1ccc(N(CC(=O)NN=Cc2ccc(CC)cc2)S(=O)(=O)c2ccccc2)cc1. The van der Waals surface area contributed by atoms with E-state index in [1.54, 1.807) is 42.5 Å². The van der Waals surface area contributed by atoms with Crippen molar-refractivity contribution in [3.8, 4) is 5.75 Å². The van der Waals surface area contributed by atoms with Gasteiger partial charge in [0.05, 0.1) is 23.4 Å². The summed E-state index contributed by atoms with van der Waals surface area (Å²) in [4.78, 5) is 12.7. The van der Waals surface area contributed by atoms with E-state index in [-0.39, 0.29) is 4.90 Å². The summed E-state index contributed by atoms with van der Waals surface area (Å²) in [7, 11) is -3.98. The molecule has 8 heteroatoms. The molecule has 0 atom stereocenters. The maximum atomic E-state index is 13.3. The minimum absolute atomic E-state index is 0.0891. The molecular weight excluding hydrogens is 438 g/mol. The van der Waals surface area contributed by atoms with Gasteiger partial charge in [-0.25, -0.2) is 13.8 Å². The zero-order valence-electron chi connectivity index (χ0n) is 18.6. The first kappa shape index (κ1) is 24.0. The first-order valence-corrected chi connectivity index (χ1v) is 12.1. The third kappa shape index (κ3) is 6.43. The van der Waals surface area contributed by atoms with Gasteiger partial charge in [0.2, 0.25) is 0 Å². The molecule has 3 aromatic rings. The van der Waals surface area contributed by atoms with E-state index in [0.29, 0.717) is 18.0 Å². The van der Waals surface area contributed by atoms with Gasteiger partial charge in [0, 0.05) is 0 Å². The van der Waals surface area contributed by atoms with Gasteiger partial charge in [0.1, 0.15) is 12.3 Å². The molecular formula is C25H27N3O4S. The Kier molecular flexibility index (Phi) is 8.21. The first-order chi connectivity index (χ1) is 15.9. The van der Waals surface area contributed by atoms with Gasteiger partial charge >= 0.3 is 0 Å². The molecule has 0 saturated heterocycles. The van der Waals surface area contributed by atoms with Crippen LogP contribution < -0.4 is 14.5 Å². The molecule has 0 bridgehead atoms. The van der Waals surface area contributed by atoms with Crippen molar-refractivity contribution in [1.82, 2.24) is 5.43 Å². The van der Waals surface area contributed by atoms with Crippen LogP contribution in [0.15, 0.2) is 88.9 Å². The Balaban J connectivity index is 1.79. The standard InChI is InChI=1S/C25H27N3O4S/c1-3-20-10-12-21(13-11-20)18-26-27-25(29)19-28(22-14-16-23(17-15-22)32-4-2)33(30,31)24-8-6-5-7-9-24/h5-18H,3-4,19H2,1-2H3,(H,27,29). The molecule has 0 saturated carbocycles. The van der Waals surface area contributed by atoms with Gasteiger partial charge in [-0.3, -0.25) is 9.10 Å². The van der Waals surface area contributed by atoms with Crippen molar-refractivity contribution in [1.29, 1.82) is 0 Å². The molecule has 0 heterocycles. The lowest BCUT2D eigenvalue weighted by molar-refractivity contribution is -0.119. The zero-order chi connectivity index (χ0) is 23.7. The van der Waals surface area contributed by atoms with E-state index in [9.17, 15) is 13.2 Å². The molecule has 0 unspecified atom stereocenters. The minimum Gasteiger partial charge on any atom is -0.494 e. The second-order valence-corrected chi connectivity index (χ2v) is 9.00. The van der Waals surface area contributed by atoms with Crippen LogP contribution >= 0.6 is 0 Å². The predicted octanol–water partition coefficient (Wildman–Crippen LogP) is 3.99. The lowest BCUT2D eigenvalue weighted by atomic mass is 10.1. The van der Waals surface area contributed by atoms with Crippen LogP contribution in [0.3, 0.4) is 0 Å². The summed E-state index contributed by atoms with van der Waals surface area (Å²) in [5, 5.41) is 3.97. The van der Waals surface area contributed by atoms with E-state index in [0.717, 1.165) is 16.3 Å². The molecule has 1 N–H and O–H groups in total. The number of anilines is 1. The smallest absolute Gasteiger partial charge is 0.264 e. The first-order valence-electron chi connectivity index (χ1n) is 10.7. The summed E-state index contributed by atoms with van der Waals surface area (Å²) in [6.07, 6.45) is 2.45. The van der Waals surface area contributed by atoms with Crippen molar-refractivity contribution < 1.29 is 17.9 Å². The number of ether oxygens (including phenoxy) is 1. The second kappa shape index (κ2) is 11.3. The molecule has 0 aromatic heterocycles. The van der Waals surface area contributed by atoms with E-state index in [2.05, 4.69) is 17.5 Å². The summed E-state index contributed by atoms with van der Waals surface area (Å²) in [6, 6.07) is 22.3. The molecule has 3 aromatic carbocycles. The maximum Gasteiger partial charge on any atom is 0.264 e. The van der Waals surface area contributed by atoms with E-state index >= 15 is 0 Å². The number of hydrazone groups is 1. The molecule has 7 nitrogen and oxygen atoms in total. The highest BCUT2D eigenvalue weighted by Crippen LogP contribution is 2.25. The van der Waals surface area contributed by atoms with Crippen LogP contribution in [-0.4, -0.2) is 33.7 Å². The van der Waals surface area contributed by atoms with E-state index in [4.69, 9.17) is 4.74 Å². The third-order valence-corrected chi connectivity index (χ3v) is 6.63. The lowest BCUT2D eigenvalue weighted by Gasteiger charge is -2.24. The van der Waals surface area contributed by atoms with Crippen molar-refractivity contribution in [2.45, 2.75) is 25.2 Å². The van der Waals surface area contributed by atoms with Gasteiger partial charge in [-0.15, -0.1) is 0 Å². The minimum atomic E-state index is -3.98. The number of nitrogens with one attached hydrogen (secondary N) is 1. The van der Waals surface area contributed by atoms with E-state index in [1.807, 2.05) is 31.2 Å². The number of aryl methyl sites for hydroxylation is 1. The molecule has 0 aliphatic carbocycles. The molecule has 0 fully saturated rings. The zero-order valence-corrected chi connectivity index (χ0v) is 19.5. The van der Waals surface area contributed by atoms with Crippen molar-refractivity contribution in [3.05, 3.63) is 90.0 Å². The number of rotatable bonds is 10. The Morgan fingerprint density at radius 2 is 1.64 bits per heavy atom. The fourth-order valence-electron chi connectivity index (χ4n) is 3.09. The summed E-state index contributed by atoms with van der Waals surface area (Å²) < 4.78 is 33.1. The molecule has 0 aliphatic heterocycles. The Morgan fingerprint density at radius 3 is 2.24 bits per heavy atom. The van der Waals surface area contributed by atoms with Crippen LogP contribution in [0, 0.1) is 0 Å². The van der Waals surface area contributed by atoms with Gasteiger partial charge in [0.25, 0.3) is 15.9 Å². The number of hydrogen-bond acceptors (Lipinski definition) is 5. The number of benzene rings is 3. The van der Waals surface area contributed by atoms with Gasteiger partial charge in [-0.2, -0.15) is 5.10 Å². The Hall–Kier alpha value is -3.65. The van der Waals surface area contributed by atoms with Crippen LogP contribution in [0.25, 0.3) is 0 Å². The van der Waals surface area contributed by atoms with Crippen LogP contribution in [0.4, 0.5) is 5.69 Å². The molecule has 0 spiro atoms. The lowest BCUT2D eigenvalue weighted by Crippen LogP contribution is -2.39. The van der Waals surface area contributed by atoms with Crippen LogP contribution in [0.5, 0.6) is 5.75 Å². The Bertz CT molecular complexity index is 1180. The van der Waals surface area contributed by atoms with Crippen molar-refractivity contribution in [2.75, 3.05) is 17.5 Å². The molecule has 0 radical (unpaired) electrons. The number of hydrogen-bond donors (Lipinski definition) is 1. The predicted molar refractivity (Wildman–Crippen MR) is 130 cm³/mol. The molecule has 3 rings (SSSR count). The van der Waals surface area contributed by atoms with E-state index in [1.165, 1.54) is 23.9 Å². The molecule has 172 valence electrons. The van der Waals surface area contributed by atoms with Crippen LogP contribution in [0.1, 0.15) is 25.0 Å². The third-order valence-electron chi connectivity index (χ3n) is 4.84. The average molecular weight is 466 g/mol. The monoisotopic (exact) mass is 465 g/mol. The number of carbonyl (C=O) groups excluding carboxylic acids is 1. The fourth-order valence-corrected chi connectivity index (χ4v) is 4.54. The van der Waals surface area contributed by atoms with Crippen molar-refractivity contribution in [2.24, 2.45) is 5.10 Å². The maximum absolute atomic E-state index is 13.3. The summed E-state index contributed by atoms with van der Waals surface area (Å²) >= 11 is 0. The molecule has 33 heavy (non-hydrogen) atoms. The average Bonchev–Trinajstić information content (AvgIpc) is 2.84. The number of nitrogens with zero attached hydrogens (tertiary/aromatic N) is 2. The molecule has 0 aliphatic rings. The summed E-state index contributed by atoms with van der Waals surface area (Å²) in [5.74, 6) is 0.0475. The number of sulfonamides is 1. The van der Waals surface area contributed by atoms with Gasteiger partial charge in [-0.1, -0.05) is 49.4 Å². The van der Waals surface area contributed by atoms with Crippen LogP contribution in [-0.2, 0) is 21.2 Å². The van der Waals surface area contributed by atoms with Crippen molar-refractivity contribution >= 4 is 27.8 Å². The number of amides is 1. The summed E-state index contributed by atoms with van der Waals surface area (Å²) in [6.45, 7) is 4.00. The topological polar surface area (TPSA) is 88.1 Å². The summed E-state index contributed by atoms with van der Waals surface area (Å²) in [5.41, 5.74) is 4.79. The quantitative estimate of drug-likeness (QED) is 0.362. The highest BCUT2D eigenvalue weighted by atomic mass is 32.2. The fraction of sp³-hybridized carbons (Fsp3) is 0.200. The Labute approximate surface area is 194 Å². The molecule has 1 amide bonds. The second-order valence-electron chi connectivity index (χ2n) is 7.14. The van der Waals surface area contributed by atoms with Gasteiger partial charge in [-0.05, 0) is 60.9 Å². The largest absolute Gasteiger partial charge is 0.494 e. The normalized spacial score (nSPS) is 11.3. The highest BCUT2D eigenvalue weighted by molar-refractivity contribution is 7.92. The van der Waals surface area contributed by atoms with Crippen molar-refractivity contribution in [3.63, 3.8) is 0 Å². The highest BCUT2D eigenvalue weighted by Gasteiger charge is 2.27. The van der Waals surface area contributed by atoms with Crippen LogP contribution in [0.2, 0.25) is 0 Å². The Morgan fingerprint density at radius 1 is 0.970 bits per heavy atom.